The molecule has 3 N–H and O–H groups in total. The summed E-state index contributed by atoms with van der Waals surface area (Å²) in [5, 5.41) is 2.51. The first-order chi connectivity index (χ1) is 14.0. The maximum atomic E-state index is 13.3. The van der Waals surface area contributed by atoms with Crippen molar-refractivity contribution in [2.75, 3.05) is 11.9 Å². The van der Waals surface area contributed by atoms with Crippen LogP contribution in [0.1, 0.15) is 11.1 Å². The van der Waals surface area contributed by atoms with Crippen LogP contribution in [0.15, 0.2) is 60.8 Å². The molecule has 0 aliphatic rings. The van der Waals surface area contributed by atoms with Gasteiger partial charge in [0.05, 0.1) is 23.4 Å². The summed E-state index contributed by atoms with van der Waals surface area (Å²) in [5.74, 6) is -0.437. The number of hydrogen-bond acceptors (Lipinski definition) is 2. The van der Waals surface area contributed by atoms with Crippen molar-refractivity contribution in [3.05, 3.63) is 71.9 Å². The molecule has 0 bridgehead atoms. The van der Waals surface area contributed by atoms with Gasteiger partial charge in [-0.1, -0.05) is 12.1 Å². The molecule has 0 radical (unpaired) electrons. The van der Waals surface area contributed by atoms with Crippen molar-refractivity contribution in [1.29, 1.82) is 0 Å². The van der Waals surface area contributed by atoms with Crippen LogP contribution >= 0.6 is 0 Å². The van der Waals surface area contributed by atoms with E-state index in [2.05, 4.69) is 5.32 Å². The van der Waals surface area contributed by atoms with Crippen molar-refractivity contribution in [1.82, 2.24) is 4.57 Å². The van der Waals surface area contributed by atoms with Gasteiger partial charge in [0.2, 0.25) is 5.91 Å². The van der Waals surface area contributed by atoms with E-state index < -0.39 is 29.4 Å². The van der Waals surface area contributed by atoms with Crippen LogP contribution < -0.4 is 11.1 Å². The number of nitrogens with one attached hydrogen (secondary N) is 1. The Labute approximate surface area is 166 Å². The molecule has 0 unspecified atom stereocenters. The molecule has 4 nitrogen and oxygen atoms in total. The van der Waals surface area contributed by atoms with Crippen LogP contribution in [0.25, 0.3) is 16.9 Å². The summed E-state index contributed by atoms with van der Waals surface area (Å²) < 4.78 is 79.4. The molecular weight excluding hydrogens is 412 g/mol. The van der Waals surface area contributed by atoms with Gasteiger partial charge in [-0.15, -0.1) is 0 Å². The molecule has 0 aliphatic carbocycles. The molecule has 10 heteroatoms. The summed E-state index contributed by atoms with van der Waals surface area (Å²) in [5.41, 5.74) is 4.33. The third-order valence-corrected chi connectivity index (χ3v) is 4.27. The van der Waals surface area contributed by atoms with E-state index in [1.165, 1.54) is 28.8 Å². The van der Waals surface area contributed by atoms with Gasteiger partial charge >= 0.3 is 12.4 Å². The van der Waals surface area contributed by atoms with E-state index in [-0.39, 0.29) is 17.8 Å². The number of carbonyl (C=O) groups excluding carboxylic acids is 1. The van der Waals surface area contributed by atoms with E-state index in [1.54, 1.807) is 0 Å². The third-order valence-electron chi connectivity index (χ3n) is 4.27. The van der Waals surface area contributed by atoms with E-state index in [9.17, 15) is 31.1 Å². The van der Waals surface area contributed by atoms with Crippen LogP contribution in [0, 0.1) is 0 Å². The summed E-state index contributed by atoms with van der Waals surface area (Å²) in [7, 11) is 0. The number of amides is 1. The zero-order chi connectivity index (χ0) is 22.1. The largest absolute Gasteiger partial charge is 0.417 e. The molecule has 0 spiro atoms. The molecule has 0 saturated carbocycles. The molecule has 3 rings (SSSR count). The van der Waals surface area contributed by atoms with Crippen molar-refractivity contribution < 1.29 is 31.1 Å². The van der Waals surface area contributed by atoms with Gasteiger partial charge in [-0.05, 0) is 48.0 Å². The van der Waals surface area contributed by atoms with Gasteiger partial charge in [0, 0.05) is 17.6 Å². The molecule has 1 amide bonds. The molecule has 30 heavy (non-hydrogen) atoms. The lowest BCUT2D eigenvalue weighted by molar-refractivity contribution is -0.138. The van der Waals surface area contributed by atoms with E-state index in [1.807, 2.05) is 0 Å². The molecule has 3 aromatic rings. The average molecular weight is 427 g/mol. The zero-order valence-electron chi connectivity index (χ0n) is 15.2. The highest BCUT2D eigenvalue weighted by Crippen LogP contribution is 2.37. The normalized spacial score (nSPS) is 12.1. The van der Waals surface area contributed by atoms with Crippen molar-refractivity contribution in [2.24, 2.45) is 5.73 Å². The topological polar surface area (TPSA) is 60.1 Å². The number of hydrogen-bond donors (Lipinski definition) is 2. The second kappa shape index (κ2) is 7.86. The van der Waals surface area contributed by atoms with Gasteiger partial charge in [0.25, 0.3) is 0 Å². The predicted molar refractivity (Wildman–Crippen MR) is 98.9 cm³/mol. The summed E-state index contributed by atoms with van der Waals surface area (Å²) in [6.45, 7) is -0.230. The molecular formula is C20H15F6N3O. The maximum absolute atomic E-state index is 13.3. The van der Waals surface area contributed by atoms with Gasteiger partial charge in [-0.2, -0.15) is 26.3 Å². The molecule has 0 fully saturated rings. The number of nitrogens with zero attached hydrogens (tertiary/aromatic N) is 1. The second-order valence-corrected chi connectivity index (χ2v) is 6.36. The quantitative estimate of drug-likeness (QED) is 0.571. The van der Waals surface area contributed by atoms with Gasteiger partial charge in [0.15, 0.2) is 0 Å². The summed E-state index contributed by atoms with van der Waals surface area (Å²) in [6, 6.07) is 10.6. The van der Waals surface area contributed by atoms with Crippen LogP contribution in [0.4, 0.5) is 32.0 Å². The lowest BCUT2D eigenvalue weighted by Gasteiger charge is -2.12. The van der Waals surface area contributed by atoms with Crippen molar-refractivity contribution in [3.63, 3.8) is 0 Å². The Balaban J connectivity index is 2.04. The molecule has 1 aromatic heterocycles. The number of benzene rings is 2. The predicted octanol–water partition coefficient (Wildman–Crippen LogP) is 5.08. The summed E-state index contributed by atoms with van der Waals surface area (Å²) in [6.07, 6.45) is -8.33. The Hall–Kier alpha value is -3.27. The van der Waals surface area contributed by atoms with Gasteiger partial charge < -0.3 is 15.6 Å². The Morgan fingerprint density at radius 3 is 1.93 bits per heavy atom. The number of alkyl halides is 6. The Morgan fingerprint density at radius 2 is 1.43 bits per heavy atom. The van der Waals surface area contributed by atoms with Gasteiger partial charge in [-0.25, -0.2) is 0 Å². The summed E-state index contributed by atoms with van der Waals surface area (Å²) in [4.78, 5) is 11.3. The average Bonchev–Trinajstić information content (AvgIpc) is 3.14. The van der Waals surface area contributed by atoms with E-state index in [0.717, 1.165) is 36.5 Å². The minimum absolute atomic E-state index is 0.0646. The Morgan fingerprint density at radius 1 is 0.867 bits per heavy atom. The number of anilines is 1. The number of carbonyl (C=O) groups is 1. The molecule has 158 valence electrons. The molecule has 0 saturated heterocycles. The highest BCUT2D eigenvalue weighted by molar-refractivity contribution is 5.92. The lowest BCUT2D eigenvalue weighted by Crippen LogP contribution is -2.21. The standard InChI is InChI=1S/C20H15F6N3O/c21-19(22,23)13-3-1-12(2-4-13)17-9-14(20(24,25)26)11-29(17)16-7-5-15(6-8-16)28-18(30)10-27/h1-9,11H,10,27H2,(H,28,30). The highest BCUT2D eigenvalue weighted by atomic mass is 19.4. The maximum Gasteiger partial charge on any atom is 0.417 e. The van der Waals surface area contributed by atoms with Crippen molar-refractivity contribution in [3.8, 4) is 16.9 Å². The molecule has 2 aromatic carbocycles. The van der Waals surface area contributed by atoms with Gasteiger partial charge in [0.1, 0.15) is 0 Å². The molecule has 1 heterocycles. The first-order valence-electron chi connectivity index (χ1n) is 8.56. The number of halogens is 6. The first kappa shape index (κ1) is 21.4. The third kappa shape index (κ3) is 4.65. The first-order valence-corrected chi connectivity index (χ1v) is 8.56. The second-order valence-electron chi connectivity index (χ2n) is 6.36. The molecule has 0 aliphatic heterocycles. The number of rotatable bonds is 4. The fraction of sp³-hybridized carbons (Fsp3) is 0.150. The lowest BCUT2D eigenvalue weighted by atomic mass is 10.1. The monoisotopic (exact) mass is 427 g/mol. The highest BCUT2D eigenvalue weighted by Gasteiger charge is 2.33. The van der Waals surface area contributed by atoms with Crippen LogP contribution in [-0.2, 0) is 17.1 Å². The van der Waals surface area contributed by atoms with Crippen molar-refractivity contribution in [2.45, 2.75) is 12.4 Å². The van der Waals surface area contributed by atoms with E-state index >= 15 is 0 Å². The fourth-order valence-corrected chi connectivity index (χ4v) is 2.80. The zero-order valence-corrected chi connectivity index (χ0v) is 15.2. The SMILES string of the molecule is NCC(=O)Nc1ccc(-n2cc(C(F)(F)F)cc2-c2ccc(C(F)(F)F)cc2)cc1. The van der Waals surface area contributed by atoms with E-state index in [4.69, 9.17) is 5.73 Å². The van der Waals surface area contributed by atoms with Crippen LogP contribution in [0.5, 0.6) is 0 Å². The van der Waals surface area contributed by atoms with Crippen LogP contribution in [0.3, 0.4) is 0 Å². The fourth-order valence-electron chi connectivity index (χ4n) is 2.80. The number of nitrogens with two attached hydrogens (primary N) is 1. The van der Waals surface area contributed by atoms with Crippen LogP contribution in [-0.4, -0.2) is 17.0 Å². The minimum Gasteiger partial charge on any atom is -0.325 e. The van der Waals surface area contributed by atoms with Crippen molar-refractivity contribution >= 4 is 11.6 Å². The number of aromatic nitrogens is 1. The minimum atomic E-state index is -4.64. The Kier molecular flexibility index (Phi) is 5.62. The Bertz CT molecular complexity index is 1030. The van der Waals surface area contributed by atoms with Crippen LogP contribution in [0.2, 0.25) is 0 Å². The van der Waals surface area contributed by atoms with Gasteiger partial charge in [-0.3, -0.25) is 4.79 Å². The smallest absolute Gasteiger partial charge is 0.325 e. The van der Waals surface area contributed by atoms with E-state index in [0.29, 0.717) is 11.4 Å². The molecule has 0 atom stereocenters. The summed E-state index contributed by atoms with van der Waals surface area (Å²) >= 11 is 0.